The maximum Gasteiger partial charge on any atom is 0.0813 e. The Bertz CT molecular complexity index is 763. The molecule has 0 bridgehead atoms. The number of hydrogen-bond acceptors (Lipinski definition) is 3. The standard InChI is InChI=1S/C18H18N2S/c1-2-7-16-13(4-1)5-3-6-14(16)11-19-15-8-9-17-18(10-15)21-12-20-17/h1-2,4,7-10,12,14,19H,3,5-6,11H2. The molecule has 106 valence electrons. The average Bonchev–Trinajstić information content (AvgIpc) is 3.00. The number of nitrogens with one attached hydrogen (secondary N) is 1. The van der Waals surface area contributed by atoms with Crippen LogP contribution in [0.1, 0.15) is 29.9 Å². The molecule has 2 nitrogen and oxygen atoms in total. The van der Waals surface area contributed by atoms with Crippen LogP contribution in [0.15, 0.2) is 48.0 Å². The fourth-order valence-corrected chi connectivity index (χ4v) is 3.99. The van der Waals surface area contributed by atoms with Crippen LogP contribution in [0.4, 0.5) is 5.69 Å². The van der Waals surface area contributed by atoms with Gasteiger partial charge in [-0.3, -0.25) is 0 Å². The lowest BCUT2D eigenvalue weighted by Gasteiger charge is -2.26. The predicted molar refractivity (Wildman–Crippen MR) is 90.2 cm³/mol. The topological polar surface area (TPSA) is 24.9 Å². The highest BCUT2D eigenvalue weighted by atomic mass is 32.1. The van der Waals surface area contributed by atoms with Crippen LogP contribution >= 0.6 is 11.3 Å². The minimum absolute atomic E-state index is 0.632. The fraction of sp³-hybridized carbons (Fsp3) is 0.278. The van der Waals surface area contributed by atoms with Gasteiger partial charge in [-0.1, -0.05) is 24.3 Å². The molecule has 1 heterocycles. The number of anilines is 1. The maximum atomic E-state index is 4.33. The van der Waals surface area contributed by atoms with E-state index in [1.54, 1.807) is 11.3 Å². The number of aryl methyl sites for hydroxylation is 1. The summed E-state index contributed by atoms with van der Waals surface area (Å²) in [6.07, 6.45) is 3.82. The van der Waals surface area contributed by atoms with E-state index in [0.29, 0.717) is 5.92 Å². The van der Waals surface area contributed by atoms with Gasteiger partial charge in [-0.15, -0.1) is 11.3 Å². The Labute approximate surface area is 128 Å². The zero-order chi connectivity index (χ0) is 14.1. The van der Waals surface area contributed by atoms with Crippen molar-refractivity contribution < 1.29 is 0 Å². The maximum absolute atomic E-state index is 4.33. The first kappa shape index (κ1) is 12.8. The van der Waals surface area contributed by atoms with Crippen molar-refractivity contribution >= 4 is 27.2 Å². The number of rotatable bonds is 3. The molecule has 0 fully saturated rings. The predicted octanol–water partition coefficient (Wildman–Crippen LogP) is 4.83. The Balaban J connectivity index is 1.52. The van der Waals surface area contributed by atoms with Crippen molar-refractivity contribution in [3.63, 3.8) is 0 Å². The van der Waals surface area contributed by atoms with Crippen molar-refractivity contribution in [3.8, 4) is 0 Å². The molecule has 0 radical (unpaired) electrons. The Kier molecular flexibility index (Phi) is 3.36. The number of aromatic nitrogens is 1. The zero-order valence-corrected chi connectivity index (χ0v) is 12.7. The Morgan fingerprint density at radius 1 is 1.19 bits per heavy atom. The summed E-state index contributed by atoms with van der Waals surface area (Å²) < 4.78 is 1.25. The number of benzene rings is 2. The molecule has 0 amide bonds. The summed E-state index contributed by atoms with van der Waals surface area (Å²) in [5.74, 6) is 0.632. The van der Waals surface area contributed by atoms with Gasteiger partial charge in [0.2, 0.25) is 0 Å². The molecule has 1 unspecified atom stereocenters. The number of hydrogen-bond donors (Lipinski definition) is 1. The highest BCUT2D eigenvalue weighted by Gasteiger charge is 2.19. The molecule has 1 N–H and O–H groups in total. The second-order valence-corrected chi connectivity index (χ2v) is 6.59. The third-order valence-electron chi connectivity index (χ3n) is 4.38. The fourth-order valence-electron chi connectivity index (χ4n) is 3.27. The van der Waals surface area contributed by atoms with E-state index in [0.717, 1.165) is 12.1 Å². The van der Waals surface area contributed by atoms with Crippen LogP contribution in [0, 0.1) is 0 Å². The van der Waals surface area contributed by atoms with E-state index in [1.165, 1.54) is 40.8 Å². The van der Waals surface area contributed by atoms with Crippen molar-refractivity contribution in [1.82, 2.24) is 4.98 Å². The second kappa shape index (κ2) is 5.49. The molecule has 0 aliphatic heterocycles. The molecule has 21 heavy (non-hydrogen) atoms. The third-order valence-corrected chi connectivity index (χ3v) is 5.17. The van der Waals surface area contributed by atoms with Gasteiger partial charge < -0.3 is 5.32 Å². The zero-order valence-electron chi connectivity index (χ0n) is 11.9. The van der Waals surface area contributed by atoms with Crippen LogP contribution in [0.25, 0.3) is 10.2 Å². The number of fused-ring (bicyclic) bond motifs is 2. The lowest BCUT2D eigenvalue weighted by atomic mass is 9.83. The first-order valence-corrected chi connectivity index (χ1v) is 8.43. The van der Waals surface area contributed by atoms with Gasteiger partial charge in [0.05, 0.1) is 15.7 Å². The largest absolute Gasteiger partial charge is 0.384 e. The van der Waals surface area contributed by atoms with Gasteiger partial charge in [0, 0.05) is 18.2 Å². The smallest absolute Gasteiger partial charge is 0.0813 e. The normalized spacial score (nSPS) is 17.6. The molecule has 1 aliphatic carbocycles. The van der Waals surface area contributed by atoms with Crippen LogP contribution in [0.2, 0.25) is 0 Å². The van der Waals surface area contributed by atoms with E-state index in [2.05, 4.69) is 52.8 Å². The Hall–Kier alpha value is -1.87. The van der Waals surface area contributed by atoms with Gasteiger partial charge in [-0.25, -0.2) is 4.98 Å². The van der Waals surface area contributed by atoms with Crippen LogP contribution in [-0.4, -0.2) is 11.5 Å². The van der Waals surface area contributed by atoms with Gasteiger partial charge in [0.15, 0.2) is 0 Å². The minimum atomic E-state index is 0.632. The second-order valence-electron chi connectivity index (χ2n) is 5.70. The van der Waals surface area contributed by atoms with Crippen molar-refractivity contribution in [2.24, 2.45) is 0 Å². The van der Waals surface area contributed by atoms with Crippen molar-refractivity contribution in [2.75, 3.05) is 11.9 Å². The lowest BCUT2D eigenvalue weighted by molar-refractivity contribution is 0.572. The van der Waals surface area contributed by atoms with Gasteiger partial charge >= 0.3 is 0 Å². The molecule has 4 rings (SSSR count). The molecule has 1 aromatic heterocycles. The van der Waals surface area contributed by atoms with E-state index in [1.807, 2.05) is 5.51 Å². The summed E-state index contributed by atoms with van der Waals surface area (Å²) in [7, 11) is 0. The molecular weight excluding hydrogens is 276 g/mol. The van der Waals surface area contributed by atoms with Crippen molar-refractivity contribution in [3.05, 3.63) is 59.1 Å². The molecule has 0 spiro atoms. The molecule has 1 aliphatic rings. The van der Waals surface area contributed by atoms with E-state index in [4.69, 9.17) is 0 Å². The van der Waals surface area contributed by atoms with Crippen LogP contribution in [-0.2, 0) is 6.42 Å². The van der Waals surface area contributed by atoms with Gasteiger partial charge in [0.1, 0.15) is 0 Å². The van der Waals surface area contributed by atoms with E-state index in [9.17, 15) is 0 Å². The molecular formula is C18H18N2S. The van der Waals surface area contributed by atoms with Crippen molar-refractivity contribution in [2.45, 2.75) is 25.2 Å². The minimum Gasteiger partial charge on any atom is -0.384 e. The summed E-state index contributed by atoms with van der Waals surface area (Å²) in [4.78, 5) is 4.33. The summed E-state index contributed by atoms with van der Waals surface area (Å²) >= 11 is 1.70. The number of nitrogens with zero attached hydrogens (tertiary/aromatic N) is 1. The summed E-state index contributed by atoms with van der Waals surface area (Å²) in [5, 5.41) is 3.62. The monoisotopic (exact) mass is 294 g/mol. The van der Waals surface area contributed by atoms with Crippen LogP contribution in [0.3, 0.4) is 0 Å². The molecule has 3 aromatic rings. The highest BCUT2D eigenvalue weighted by molar-refractivity contribution is 7.16. The molecule has 0 saturated heterocycles. The van der Waals surface area contributed by atoms with E-state index >= 15 is 0 Å². The molecule has 1 atom stereocenters. The Morgan fingerprint density at radius 2 is 2.14 bits per heavy atom. The summed E-state index contributed by atoms with van der Waals surface area (Å²) in [6, 6.07) is 15.4. The van der Waals surface area contributed by atoms with Gasteiger partial charge in [-0.2, -0.15) is 0 Å². The first-order valence-electron chi connectivity index (χ1n) is 7.55. The van der Waals surface area contributed by atoms with Gasteiger partial charge in [-0.05, 0) is 48.6 Å². The summed E-state index contributed by atoms with van der Waals surface area (Å²) in [5.41, 5.74) is 7.28. The SMILES string of the molecule is c1ccc2c(c1)CCCC2CNc1ccc2ncsc2c1. The highest BCUT2D eigenvalue weighted by Crippen LogP contribution is 2.32. The van der Waals surface area contributed by atoms with Gasteiger partial charge in [0.25, 0.3) is 0 Å². The number of thiazole rings is 1. The van der Waals surface area contributed by atoms with Crippen LogP contribution < -0.4 is 5.32 Å². The molecule has 2 aromatic carbocycles. The van der Waals surface area contributed by atoms with Crippen molar-refractivity contribution in [1.29, 1.82) is 0 Å². The third kappa shape index (κ3) is 2.54. The quantitative estimate of drug-likeness (QED) is 0.748. The average molecular weight is 294 g/mol. The lowest BCUT2D eigenvalue weighted by Crippen LogP contribution is -2.18. The van der Waals surface area contributed by atoms with Crippen LogP contribution in [0.5, 0.6) is 0 Å². The van der Waals surface area contributed by atoms with E-state index < -0.39 is 0 Å². The molecule has 0 saturated carbocycles. The molecule has 3 heteroatoms. The Morgan fingerprint density at radius 3 is 3.14 bits per heavy atom. The first-order chi connectivity index (χ1) is 10.4. The van der Waals surface area contributed by atoms with E-state index in [-0.39, 0.29) is 0 Å². The summed E-state index contributed by atoms with van der Waals surface area (Å²) in [6.45, 7) is 1.02.